The van der Waals surface area contributed by atoms with Gasteiger partial charge in [-0.3, -0.25) is 4.79 Å². The molecule has 1 amide bonds. The summed E-state index contributed by atoms with van der Waals surface area (Å²) in [5.74, 6) is 0.171. The van der Waals surface area contributed by atoms with Crippen molar-refractivity contribution in [1.82, 2.24) is 15.0 Å². The number of ether oxygens (including phenoxy) is 1. The van der Waals surface area contributed by atoms with Gasteiger partial charge < -0.3 is 19.1 Å². The van der Waals surface area contributed by atoms with Crippen molar-refractivity contribution in [2.24, 2.45) is 0 Å². The van der Waals surface area contributed by atoms with Crippen LogP contribution in [0.5, 0.6) is 5.88 Å². The number of hydrogen-bond acceptors (Lipinski definition) is 5. The number of nitrogens with zero attached hydrogens (tertiary/aromatic N) is 3. The first kappa shape index (κ1) is 24.5. The molecule has 1 aromatic rings. The molecule has 1 heterocycles. The van der Waals surface area contributed by atoms with E-state index < -0.39 is 0 Å². The molecule has 1 aliphatic rings. The minimum atomic E-state index is -0.254. The van der Waals surface area contributed by atoms with Crippen LogP contribution in [0.25, 0.3) is 0 Å². The van der Waals surface area contributed by atoms with Gasteiger partial charge in [0.25, 0.3) is 11.8 Å². The van der Waals surface area contributed by atoms with E-state index in [4.69, 9.17) is 9.26 Å². The quantitative estimate of drug-likeness (QED) is 0.451. The second kappa shape index (κ2) is 12.2. The average molecular weight is 426 g/mol. The molecule has 0 fully saturated rings. The van der Waals surface area contributed by atoms with Gasteiger partial charge in [0.2, 0.25) is 5.76 Å². The molecule has 0 spiro atoms. The topological polar surface area (TPSA) is 58.8 Å². The van der Waals surface area contributed by atoms with Crippen molar-refractivity contribution in [2.75, 3.05) is 33.8 Å². The Hall–Kier alpha value is -2.78. The highest BCUT2D eigenvalue weighted by Gasteiger charge is 2.16. The number of carbonyl (C=O) groups is 1. The highest BCUT2D eigenvalue weighted by Crippen LogP contribution is 2.16. The molecule has 0 aliphatic heterocycles. The number of allylic oxidation sites excluding steroid dienone is 3. The summed E-state index contributed by atoms with van der Waals surface area (Å²) in [6.45, 7) is 11.4. The monoisotopic (exact) mass is 425 g/mol. The van der Waals surface area contributed by atoms with Gasteiger partial charge in [0.05, 0.1) is 6.07 Å². The van der Waals surface area contributed by atoms with E-state index in [2.05, 4.69) is 55.3 Å². The summed E-state index contributed by atoms with van der Waals surface area (Å²) in [7, 11) is 3.31. The smallest absolute Gasteiger partial charge is 0.292 e. The molecule has 1 aromatic heterocycles. The predicted molar refractivity (Wildman–Crippen MR) is 123 cm³/mol. The lowest BCUT2D eigenvalue weighted by atomic mass is 10.1. The van der Waals surface area contributed by atoms with Crippen molar-refractivity contribution in [3.8, 4) is 5.88 Å². The average Bonchev–Trinajstić information content (AvgIpc) is 3.24. The minimum Gasteiger partial charge on any atom is -0.470 e. The third-order valence-corrected chi connectivity index (χ3v) is 5.37. The Bertz CT molecular complexity index is 906. The number of carbonyl (C=O) groups excluding carboxylic acids is 1. The first-order chi connectivity index (χ1) is 14.9. The van der Waals surface area contributed by atoms with Crippen LogP contribution in [-0.2, 0) is 0 Å². The molecule has 0 aromatic carbocycles. The molecule has 31 heavy (non-hydrogen) atoms. The van der Waals surface area contributed by atoms with Crippen molar-refractivity contribution in [3.63, 3.8) is 0 Å². The van der Waals surface area contributed by atoms with Gasteiger partial charge in [-0.1, -0.05) is 37.8 Å². The number of aromatic nitrogens is 1. The fraction of sp³-hybridized carbons (Fsp3) is 0.520. The predicted octanol–water partition coefficient (Wildman–Crippen LogP) is 4.78. The van der Waals surface area contributed by atoms with Crippen LogP contribution in [0.3, 0.4) is 0 Å². The van der Waals surface area contributed by atoms with Gasteiger partial charge in [-0.25, -0.2) is 0 Å². The molecule has 0 radical (unpaired) electrons. The van der Waals surface area contributed by atoms with Crippen molar-refractivity contribution < 1.29 is 14.1 Å². The van der Waals surface area contributed by atoms with Gasteiger partial charge in [0.1, 0.15) is 6.61 Å². The fourth-order valence-corrected chi connectivity index (χ4v) is 3.46. The number of amides is 1. The highest BCUT2D eigenvalue weighted by atomic mass is 16.5. The van der Waals surface area contributed by atoms with E-state index in [1.165, 1.54) is 29.4 Å². The normalized spacial score (nSPS) is 13.6. The summed E-state index contributed by atoms with van der Waals surface area (Å²) in [6.07, 6.45) is 9.58. The molecular weight excluding hydrogens is 390 g/mol. The van der Waals surface area contributed by atoms with Gasteiger partial charge in [-0.2, -0.15) is 0 Å². The van der Waals surface area contributed by atoms with Crippen molar-refractivity contribution in [3.05, 3.63) is 58.2 Å². The first-order valence-electron chi connectivity index (χ1n) is 11.0. The summed E-state index contributed by atoms with van der Waals surface area (Å²) in [5.41, 5.74) is 9.51. The molecule has 1 aliphatic carbocycles. The summed E-state index contributed by atoms with van der Waals surface area (Å²) < 4.78 is 10.6. The van der Waals surface area contributed by atoms with Crippen molar-refractivity contribution in [2.45, 2.75) is 53.0 Å². The molecular formula is C25H35N3O3. The van der Waals surface area contributed by atoms with E-state index in [-0.39, 0.29) is 24.2 Å². The van der Waals surface area contributed by atoms with E-state index in [1.54, 1.807) is 14.1 Å². The summed E-state index contributed by atoms with van der Waals surface area (Å²) in [5, 5.41) is 3.78. The molecule has 0 atom stereocenters. The van der Waals surface area contributed by atoms with Crippen LogP contribution >= 0.6 is 0 Å². The Morgan fingerprint density at radius 1 is 1.23 bits per heavy atom. The Kier molecular flexibility index (Phi) is 9.61. The fourth-order valence-electron chi connectivity index (χ4n) is 3.46. The maximum Gasteiger partial charge on any atom is 0.292 e. The molecule has 0 N–H and O–H groups in total. The van der Waals surface area contributed by atoms with Gasteiger partial charge in [0.15, 0.2) is 0 Å². The maximum atomic E-state index is 11.8. The number of hydrogen-bond donors (Lipinski definition) is 0. The molecule has 0 bridgehead atoms. The van der Waals surface area contributed by atoms with Crippen molar-refractivity contribution >= 4 is 5.91 Å². The lowest BCUT2D eigenvalue weighted by Gasteiger charge is -2.29. The number of rotatable bonds is 12. The molecule has 6 nitrogen and oxygen atoms in total. The van der Waals surface area contributed by atoms with E-state index in [1.807, 2.05) is 12.2 Å². The van der Waals surface area contributed by atoms with Gasteiger partial charge >= 0.3 is 0 Å². The molecule has 0 saturated heterocycles. The SMILES string of the molecule is CCC(CC)N(CC)CCC(C)=CC1=C=C=C(COc2cc(C(=O)N(C)C)on2)C=C1. The zero-order chi connectivity index (χ0) is 22.8. The van der Waals surface area contributed by atoms with Gasteiger partial charge in [-0.15, -0.1) is 0 Å². The third-order valence-electron chi connectivity index (χ3n) is 5.37. The minimum absolute atomic E-state index is 0.150. The highest BCUT2D eigenvalue weighted by molar-refractivity contribution is 5.91. The van der Waals surface area contributed by atoms with E-state index in [0.29, 0.717) is 6.04 Å². The van der Waals surface area contributed by atoms with Crippen LogP contribution in [-0.4, -0.2) is 60.7 Å². The van der Waals surface area contributed by atoms with Crippen LogP contribution < -0.4 is 4.74 Å². The van der Waals surface area contributed by atoms with E-state index in [0.717, 1.165) is 30.7 Å². The molecule has 0 saturated carbocycles. The summed E-state index contributed by atoms with van der Waals surface area (Å²) in [6, 6.07) is 2.16. The van der Waals surface area contributed by atoms with Crippen LogP contribution in [0.1, 0.15) is 57.5 Å². The summed E-state index contributed by atoms with van der Waals surface area (Å²) in [4.78, 5) is 15.8. The second-order valence-electron chi connectivity index (χ2n) is 7.92. The summed E-state index contributed by atoms with van der Waals surface area (Å²) >= 11 is 0. The third kappa shape index (κ3) is 7.45. The largest absolute Gasteiger partial charge is 0.470 e. The Morgan fingerprint density at radius 2 is 1.97 bits per heavy atom. The Morgan fingerprint density at radius 3 is 2.55 bits per heavy atom. The van der Waals surface area contributed by atoms with E-state index >= 15 is 0 Å². The lowest BCUT2D eigenvalue weighted by Crippen LogP contribution is -2.35. The molecule has 6 heteroatoms. The van der Waals surface area contributed by atoms with Gasteiger partial charge in [0, 0.05) is 37.8 Å². The molecule has 2 rings (SSSR count). The Labute approximate surface area is 186 Å². The zero-order valence-corrected chi connectivity index (χ0v) is 19.7. The second-order valence-corrected chi connectivity index (χ2v) is 7.92. The molecule has 0 unspecified atom stereocenters. The van der Waals surface area contributed by atoms with Crippen LogP contribution in [0, 0.1) is 0 Å². The lowest BCUT2D eigenvalue weighted by molar-refractivity contribution is 0.0786. The standard InChI is InChI=1S/C25H35N3O3/c1-7-22(8-2)28(9-3)15-14-19(4)16-20-10-12-21(13-11-20)18-30-24-17-23(31-26-24)25(29)27(5)6/h10,12,16-17,22H,7-9,14-15,18H2,1-6H3. The molecule has 168 valence electrons. The zero-order valence-electron chi connectivity index (χ0n) is 19.7. The first-order valence-corrected chi connectivity index (χ1v) is 11.0. The Balaban J connectivity index is 1.93. The van der Waals surface area contributed by atoms with Gasteiger partial charge in [-0.05, 0) is 56.1 Å². The van der Waals surface area contributed by atoms with Crippen LogP contribution in [0.4, 0.5) is 0 Å². The van der Waals surface area contributed by atoms with E-state index in [9.17, 15) is 4.79 Å². The maximum absolute atomic E-state index is 11.8. The van der Waals surface area contributed by atoms with Crippen molar-refractivity contribution in [1.29, 1.82) is 0 Å². The van der Waals surface area contributed by atoms with Crippen LogP contribution in [0.2, 0.25) is 0 Å². The van der Waals surface area contributed by atoms with Crippen LogP contribution in [0.15, 0.2) is 57.0 Å².